The second kappa shape index (κ2) is 5.94. The highest BCUT2D eigenvalue weighted by Gasteiger charge is 2.29. The van der Waals surface area contributed by atoms with Gasteiger partial charge in [0, 0.05) is 6.61 Å². The van der Waals surface area contributed by atoms with Crippen LogP contribution in [0.25, 0.3) is 0 Å². The van der Waals surface area contributed by atoms with Gasteiger partial charge in [-0.2, -0.15) is 0 Å². The van der Waals surface area contributed by atoms with Crippen molar-refractivity contribution in [2.75, 3.05) is 20.3 Å². The first kappa shape index (κ1) is 12.4. The maximum Gasteiger partial charge on any atom is 0.327 e. The van der Waals surface area contributed by atoms with Crippen LogP contribution in [0.15, 0.2) is 0 Å². The predicted octanol–water partition coefficient (Wildman–Crippen LogP) is 0.694. The first-order valence-corrected chi connectivity index (χ1v) is 4.49. The molecule has 0 aromatic rings. The van der Waals surface area contributed by atoms with Crippen molar-refractivity contribution in [1.82, 2.24) is 0 Å². The maximum atomic E-state index is 11.1. The van der Waals surface area contributed by atoms with Gasteiger partial charge in [0.15, 0.2) is 0 Å². The van der Waals surface area contributed by atoms with E-state index in [-0.39, 0.29) is 6.61 Å². The average molecular weight is 189 g/mol. The number of esters is 1. The highest BCUT2D eigenvalue weighted by Crippen LogP contribution is 2.03. The van der Waals surface area contributed by atoms with Crippen LogP contribution >= 0.6 is 0 Å². The van der Waals surface area contributed by atoms with Crippen molar-refractivity contribution in [3.63, 3.8) is 0 Å². The molecule has 1 unspecified atom stereocenters. The van der Waals surface area contributed by atoms with Gasteiger partial charge in [-0.05, 0) is 13.3 Å². The fourth-order valence-electron chi connectivity index (χ4n) is 0.823. The normalized spacial score (nSPS) is 15.1. The molecule has 78 valence electrons. The number of rotatable bonds is 6. The van der Waals surface area contributed by atoms with Crippen LogP contribution in [0, 0.1) is 0 Å². The lowest BCUT2D eigenvalue weighted by atomic mass is 10.1. The van der Waals surface area contributed by atoms with E-state index in [1.54, 1.807) is 6.92 Å². The third kappa shape index (κ3) is 4.85. The Morgan fingerprint density at radius 2 is 2.15 bits per heavy atom. The lowest BCUT2D eigenvalue weighted by Crippen LogP contribution is -2.49. The summed E-state index contributed by atoms with van der Waals surface area (Å²) in [6.45, 7) is 4.52. The van der Waals surface area contributed by atoms with Crippen LogP contribution in [0.4, 0.5) is 0 Å². The minimum Gasteiger partial charge on any atom is -0.468 e. The molecule has 1 atom stereocenters. The van der Waals surface area contributed by atoms with Crippen LogP contribution in [0.2, 0.25) is 0 Å². The van der Waals surface area contributed by atoms with Crippen molar-refractivity contribution in [2.24, 2.45) is 5.73 Å². The maximum absolute atomic E-state index is 11.1. The Kier molecular flexibility index (Phi) is 5.66. The molecule has 4 nitrogen and oxygen atoms in total. The van der Waals surface area contributed by atoms with Crippen molar-refractivity contribution < 1.29 is 14.3 Å². The van der Waals surface area contributed by atoms with Crippen molar-refractivity contribution >= 4 is 5.97 Å². The Labute approximate surface area is 79.4 Å². The van der Waals surface area contributed by atoms with Crippen LogP contribution < -0.4 is 5.73 Å². The number of ether oxygens (including phenoxy) is 2. The van der Waals surface area contributed by atoms with Crippen LogP contribution in [-0.2, 0) is 14.3 Å². The molecule has 0 heterocycles. The smallest absolute Gasteiger partial charge is 0.327 e. The number of hydrogen-bond acceptors (Lipinski definition) is 4. The van der Waals surface area contributed by atoms with Crippen molar-refractivity contribution in [3.05, 3.63) is 0 Å². The summed E-state index contributed by atoms with van der Waals surface area (Å²) in [5.74, 6) is -0.441. The topological polar surface area (TPSA) is 61.5 Å². The highest BCUT2D eigenvalue weighted by atomic mass is 16.5. The summed E-state index contributed by atoms with van der Waals surface area (Å²) in [6, 6.07) is 0. The molecule has 0 fully saturated rings. The second-order valence-corrected chi connectivity index (χ2v) is 3.32. The third-order valence-corrected chi connectivity index (χ3v) is 1.70. The first-order chi connectivity index (χ1) is 6.04. The Hall–Kier alpha value is -0.610. The molecule has 0 aliphatic heterocycles. The van der Waals surface area contributed by atoms with Gasteiger partial charge in [0.1, 0.15) is 5.54 Å². The SMILES string of the molecule is CCCCOCC(C)(N)C(=O)OC. The molecule has 13 heavy (non-hydrogen) atoms. The molecule has 0 bridgehead atoms. The molecule has 0 saturated carbocycles. The number of carbonyl (C=O) groups excluding carboxylic acids is 1. The molecule has 0 spiro atoms. The van der Waals surface area contributed by atoms with Crippen LogP contribution in [0.5, 0.6) is 0 Å². The van der Waals surface area contributed by atoms with E-state index in [1.807, 2.05) is 0 Å². The summed E-state index contributed by atoms with van der Waals surface area (Å²) in [4.78, 5) is 11.1. The van der Waals surface area contributed by atoms with E-state index in [0.29, 0.717) is 6.61 Å². The molecule has 0 saturated heterocycles. The Morgan fingerprint density at radius 1 is 1.54 bits per heavy atom. The van der Waals surface area contributed by atoms with Gasteiger partial charge in [0.25, 0.3) is 0 Å². The highest BCUT2D eigenvalue weighted by molar-refractivity contribution is 5.80. The van der Waals surface area contributed by atoms with E-state index >= 15 is 0 Å². The van der Waals surface area contributed by atoms with E-state index in [2.05, 4.69) is 11.7 Å². The van der Waals surface area contributed by atoms with E-state index in [4.69, 9.17) is 10.5 Å². The van der Waals surface area contributed by atoms with E-state index < -0.39 is 11.5 Å². The zero-order chi connectivity index (χ0) is 10.3. The lowest BCUT2D eigenvalue weighted by molar-refractivity contribution is -0.148. The Balaban J connectivity index is 3.69. The third-order valence-electron chi connectivity index (χ3n) is 1.70. The summed E-state index contributed by atoms with van der Waals surface area (Å²) < 4.78 is 9.76. The molecule has 0 aromatic carbocycles. The molecule has 0 aliphatic carbocycles. The van der Waals surface area contributed by atoms with Crippen LogP contribution in [-0.4, -0.2) is 31.8 Å². The number of methoxy groups -OCH3 is 1. The quantitative estimate of drug-likeness (QED) is 0.493. The number of hydrogen-bond donors (Lipinski definition) is 1. The van der Waals surface area contributed by atoms with Gasteiger partial charge in [-0.3, -0.25) is 0 Å². The summed E-state index contributed by atoms with van der Waals surface area (Å²) in [7, 11) is 1.32. The van der Waals surface area contributed by atoms with Gasteiger partial charge in [0.2, 0.25) is 0 Å². The van der Waals surface area contributed by atoms with Gasteiger partial charge in [-0.15, -0.1) is 0 Å². The molecule has 0 amide bonds. The molecular formula is C9H19NO3. The van der Waals surface area contributed by atoms with Crippen molar-refractivity contribution in [1.29, 1.82) is 0 Å². The van der Waals surface area contributed by atoms with E-state index in [1.165, 1.54) is 7.11 Å². The standard InChI is InChI=1S/C9H19NO3/c1-4-5-6-13-7-9(2,10)8(11)12-3/h4-7,10H2,1-3H3. The number of unbranched alkanes of at least 4 members (excludes halogenated alkanes) is 1. The van der Waals surface area contributed by atoms with Crippen molar-refractivity contribution in [3.8, 4) is 0 Å². The molecular weight excluding hydrogens is 170 g/mol. The average Bonchev–Trinajstić information content (AvgIpc) is 2.11. The Bertz CT molecular complexity index is 157. The van der Waals surface area contributed by atoms with Crippen molar-refractivity contribution in [2.45, 2.75) is 32.2 Å². The summed E-state index contributed by atoms with van der Waals surface area (Å²) in [6.07, 6.45) is 2.05. The summed E-state index contributed by atoms with van der Waals surface area (Å²) in [5.41, 5.74) is 4.63. The molecule has 4 heteroatoms. The first-order valence-electron chi connectivity index (χ1n) is 4.49. The zero-order valence-corrected chi connectivity index (χ0v) is 8.63. The fourth-order valence-corrected chi connectivity index (χ4v) is 0.823. The largest absolute Gasteiger partial charge is 0.468 e. The Morgan fingerprint density at radius 3 is 2.62 bits per heavy atom. The van der Waals surface area contributed by atoms with E-state index in [0.717, 1.165) is 12.8 Å². The zero-order valence-electron chi connectivity index (χ0n) is 8.63. The molecule has 0 radical (unpaired) electrons. The van der Waals surface area contributed by atoms with Crippen LogP contribution in [0.3, 0.4) is 0 Å². The van der Waals surface area contributed by atoms with Gasteiger partial charge in [-0.25, -0.2) is 4.79 Å². The molecule has 2 N–H and O–H groups in total. The number of nitrogens with two attached hydrogens (primary N) is 1. The van der Waals surface area contributed by atoms with Gasteiger partial charge >= 0.3 is 5.97 Å². The molecule has 0 aromatic heterocycles. The second-order valence-electron chi connectivity index (χ2n) is 3.32. The number of carbonyl (C=O) groups is 1. The molecule has 0 aliphatic rings. The monoisotopic (exact) mass is 189 g/mol. The minimum atomic E-state index is -1.03. The predicted molar refractivity (Wildman–Crippen MR) is 50.3 cm³/mol. The minimum absolute atomic E-state index is 0.208. The molecule has 0 rings (SSSR count). The van der Waals surface area contributed by atoms with Gasteiger partial charge in [0.05, 0.1) is 13.7 Å². The van der Waals surface area contributed by atoms with Crippen LogP contribution in [0.1, 0.15) is 26.7 Å². The fraction of sp³-hybridized carbons (Fsp3) is 0.889. The lowest BCUT2D eigenvalue weighted by Gasteiger charge is -2.20. The van der Waals surface area contributed by atoms with Gasteiger partial charge in [-0.1, -0.05) is 13.3 Å². The summed E-state index contributed by atoms with van der Waals surface area (Å²) >= 11 is 0. The summed E-state index contributed by atoms with van der Waals surface area (Å²) in [5, 5.41) is 0. The van der Waals surface area contributed by atoms with Gasteiger partial charge < -0.3 is 15.2 Å². The van der Waals surface area contributed by atoms with E-state index in [9.17, 15) is 4.79 Å².